The molecule has 0 saturated heterocycles. The second-order valence-electron chi connectivity index (χ2n) is 5.52. The molecule has 4 nitrogen and oxygen atoms in total. The van der Waals surface area contributed by atoms with Gasteiger partial charge < -0.3 is 9.84 Å². The van der Waals surface area contributed by atoms with Crippen molar-refractivity contribution < 1.29 is 19.4 Å². The molecule has 0 radical (unpaired) electrons. The Labute approximate surface area is 139 Å². The Morgan fingerprint density at radius 3 is 1.91 bits per heavy atom. The molecule has 0 rings (SSSR count). The lowest BCUT2D eigenvalue weighted by atomic mass is 10.1. The number of aliphatic hydroxyl groups excluding tert-OH is 1. The maximum atomic E-state index is 11.6. The van der Waals surface area contributed by atoms with Gasteiger partial charge in [-0.1, -0.05) is 44.9 Å². The number of aliphatic hydroxyl groups is 1. The van der Waals surface area contributed by atoms with E-state index in [0.717, 1.165) is 31.4 Å². The van der Waals surface area contributed by atoms with Crippen molar-refractivity contribution in [1.82, 2.24) is 0 Å². The second-order valence-corrected chi connectivity index (χ2v) is 6.73. The topological polar surface area (TPSA) is 63.6 Å². The molecule has 0 spiro atoms. The minimum absolute atomic E-state index is 0.119. The van der Waals surface area contributed by atoms with E-state index < -0.39 is 11.2 Å². The van der Waals surface area contributed by atoms with Crippen molar-refractivity contribution in [3.63, 3.8) is 0 Å². The van der Waals surface area contributed by atoms with Gasteiger partial charge in [-0.25, -0.2) is 0 Å². The Balaban J connectivity index is 3.50. The van der Waals surface area contributed by atoms with Crippen LogP contribution in [0, 0.1) is 0 Å². The summed E-state index contributed by atoms with van der Waals surface area (Å²) in [5, 5.41) is 8.03. The van der Waals surface area contributed by atoms with Crippen molar-refractivity contribution in [2.45, 2.75) is 76.9 Å². The fourth-order valence-corrected chi connectivity index (χ4v) is 3.27. The molecule has 0 heterocycles. The molecule has 130 valence electrons. The summed E-state index contributed by atoms with van der Waals surface area (Å²) < 4.78 is 4.92. The van der Waals surface area contributed by atoms with Crippen LogP contribution in [0.3, 0.4) is 0 Å². The Hall–Kier alpha value is -0.550. The number of esters is 1. The first-order valence-corrected chi connectivity index (χ1v) is 9.57. The highest BCUT2D eigenvalue weighted by Gasteiger charge is 2.24. The van der Waals surface area contributed by atoms with E-state index in [1.165, 1.54) is 50.8 Å². The smallest absolute Gasteiger partial charge is 0.326 e. The van der Waals surface area contributed by atoms with Crippen LogP contribution in [-0.4, -0.2) is 41.1 Å². The number of carbonyl (C=O) groups is 2. The minimum atomic E-state index is -0.647. The lowest BCUT2D eigenvalue weighted by Gasteiger charge is -2.11. The molecule has 1 atom stereocenters. The van der Waals surface area contributed by atoms with Crippen molar-refractivity contribution in [2.24, 2.45) is 0 Å². The zero-order valence-corrected chi connectivity index (χ0v) is 15.0. The van der Waals surface area contributed by atoms with Crippen LogP contribution in [0.25, 0.3) is 0 Å². The molecular formula is C17H32O4S. The van der Waals surface area contributed by atoms with E-state index in [-0.39, 0.29) is 5.78 Å². The summed E-state index contributed by atoms with van der Waals surface area (Å²) in [6.45, 7) is 3.83. The molecule has 0 bridgehead atoms. The highest BCUT2D eigenvalue weighted by atomic mass is 32.2. The van der Waals surface area contributed by atoms with E-state index in [0.29, 0.717) is 13.2 Å². The molecule has 0 aliphatic carbocycles. The third-order valence-corrected chi connectivity index (χ3v) is 4.84. The van der Waals surface area contributed by atoms with Gasteiger partial charge in [0.25, 0.3) is 0 Å². The Morgan fingerprint density at radius 1 is 0.955 bits per heavy atom. The van der Waals surface area contributed by atoms with E-state index in [2.05, 4.69) is 0 Å². The normalized spacial score (nSPS) is 12.1. The van der Waals surface area contributed by atoms with Crippen LogP contribution < -0.4 is 0 Å². The summed E-state index contributed by atoms with van der Waals surface area (Å²) >= 11 is 1.41. The molecule has 0 saturated carbocycles. The van der Waals surface area contributed by atoms with Gasteiger partial charge in [0.2, 0.25) is 0 Å². The van der Waals surface area contributed by atoms with Crippen LogP contribution in [0.1, 0.15) is 71.6 Å². The van der Waals surface area contributed by atoms with Gasteiger partial charge >= 0.3 is 5.97 Å². The van der Waals surface area contributed by atoms with Crippen molar-refractivity contribution in [2.75, 3.05) is 19.0 Å². The molecule has 0 aromatic rings. The third kappa shape index (κ3) is 12.0. The van der Waals surface area contributed by atoms with Gasteiger partial charge in [0.05, 0.1) is 6.61 Å². The molecule has 0 aromatic carbocycles. The molecular weight excluding hydrogens is 300 g/mol. The molecule has 1 N–H and O–H groups in total. The lowest BCUT2D eigenvalue weighted by molar-refractivity contribution is -0.144. The quantitative estimate of drug-likeness (QED) is 0.281. The van der Waals surface area contributed by atoms with E-state index in [1.807, 2.05) is 0 Å². The predicted octanol–water partition coefficient (Wildman–Crippen LogP) is 3.74. The average Bonchev–Trinajstić information content (AvgIpc) is 2.48. The molecule has 22 heavy (non-hydrogen) atoms. The summed E-state index contributed by atoms with van der Waals surface area (Å²) in [6, 6.07) is 0. The largest absolute Gasteiger partial charge is 0.465 e. The standard InChI is InChI=1S/C17H32O4S/c1-3-21-17(20)16(15(2)19)22-14-12-10-8-6-4-5-7-9-11-13-18/h16,18H,3-14H2,1-2H3. The van der Waals surface area contributed by atoms with Gasteiger partial charge in [0.15, 0.2) is 11.0 Å². The highest BCUT2D eigenvalue weighted by Crippen LogP contribution is 2.17. The average molecular weight is 333 g/mol. The summed E-state index contributed by atoms with van der Waals surface area (Å²) in [5.41, 5.74) is 0. The SMILES string of the molecule is CCOC(=O)C(SCCCCCCCCCCCO)C(C)=O. The molecule has 1 unspecified atom stereocenters. The highest BCUT2D eigenvalue weighted by molar-refractivity contribution is 8.01. The lowest BCUT2D eigenvalue weighted by Crippen LogP contribution is -2.27. The number of carbonyl (C=O) groups excluding carboxylic acids is 2. The van der Waals surface area contributed by atoms with E-state index in [9.17, 15) is 9.59 Å². The van der Waals surface area contributed by atoms with Gasteiger partial charge in [-0.2, -0.15) is 0 Å². The van der Waals surface area contributed by atoms with Crippen molar-refractivity contribution in [1.29, 1.82) is 0 Å². The van der Waals surface area contributed by atoms with Crippen LogP contribution in [0.2, 0.25) is 0 Å². The predicted molar refractivity (Wildman–Crippen MR) is 92.2 cm³/mol. The number of ether oxygens (including phenoxy) is 1. The molecule has 0 fully saturated rings. The van der Waals surface area contributed by atoms with Crippen molar-refractivity contribution in [3.05, 3.63) is 0 Å². The maximum absolute atomic E-state index is 11.6. The van der Waals surface area contributed by atoms with E-state index >= 15 is 0 Å². The van der Waals surface area contributed by atoms with Crippen LogP contribution in [0.5, 0.6) is 0 Å². The van der Waals surface area contributed by atoms with Gasteiger partial charge in [-0.05, 0) is 32.4 Å². The zero-order chi connectivity index (χ0) is 16.6. The van der Waals surface area contributed by atoms with Crippen LogP contribution in [-0.2, 0) is 14.3 Å². The maximum Gasteiger partial charge on any atom is 0.326 e. The number of rotatable bonds is 15. The van der Waals surface area contributed by atoms with Crippen LogP contribution in [0.4, 0.5) is 0 Å². The first-order valence-electron chi connectivity index (χ1n) is 8.53. The van der Waals surface area contributed by atoms with Gasteiger partial charge in [0, 0.05) is 6.61 Å². The Morgan fingerprint density at radius 2 is 1.45 bits per heavy atom. The van der Waals surface area contributed by atoms with E-state index in [1.54, 1.807) is 6.92 Å². The summed E-state index contributed by atoms with van der Waals surface area (Å²) in [4.78, 5) is 23.1. The summed E-state index contributed by atoms with van der Waals surface area (Å²) in [5.74, 6) is 0.314. The Kier molecular flexibility index (Phi) is 15.0. The summed E-state index contributed by atoms with van der Waals surface area (Å²) in [7, 11) is 0. The molecule has 0 aliphatic heterocycles. The number of unbranched alkanes of at least 4 members (excludes halogenated alkanes) is 8. The molecule has 0 amide bonds. The van der Waals surface area contributed by atoms with Crippen molar-refractivity contribution >= 4 is 23.5 Å². The number of ketones is 1. The molecule has 0 aliphatic rings. The zero-order valence-electron chi connectivity index (χ0n) is 14.1. The van der Waals surface area contributed by atoms with Crippen LogP contribution >= 0.6 is 11.8 Å². The minimum Gasteiger partial charge on any atom is -0.465 e. The first kappa shape index (κ1) is 21.4. The van der Waals surface area contributed by atoms with Gasteiger partial charge in [-0.15, -0.1) is 11.8 Å². The fraction of sp³-hybridized carbons (Fsp3) is 0.882. The Bertz CT molecular complexity index is 294. The number of thioether (sulfide) groups is 1. The monoisotopic (exact) mass is 332 g/mol. The molecule has 5 heteroatoms. The summed E-state index contributed by atoms with van der Waals surface area (Å²) in [6.07, 6.45) is 10.4. The molecule has 0 aromatic heterocycles. The van der Waals surface area contributed by atoms with Crippen molar-refractivity contribution in [3.8, 4) is 0 Å². The van der Waals surface area contributed by atoms with Gasteiger partial charge in [0.1, 0.15) is 0 Å². The van der Waals surface area contributed by atoms with Gasteiger partial charge in [-0.3, -0.25) is 9.59 Å². The van der Waals surface area contributed by atoms with Crippen LogP contribution in [0.15, 0.2) is 0 Å². The third-order valence-electron chi connectivity index (χ3n) is 3.46. The fourth-order valence-electron chi connectivity index (χ4n) is 2.22. The number of hydrogen-bond donors (Lipinski definition) is 1. The second kappa shape index (κ2) is 15.3. The first-order chi connectivity index (χ1) is 10.6. The number of hydrogen-bond acceptors (Lipinski definition) is 5. The van der Waals surface area contributed by atoms with E-state index in [4.69, 9.17) is 9.84 Å². The number of Topliss-reactive ketones (excluding diaryl/α,β-unsaturated/α-hetero) is 1.